The van der Waals surface area contributed by atoms with E-state index in [1.54, 1.807) is 0 Å². The monoisotopic (exact) mass is 546 g/mol. The Labute approximate surface area is 209 Å². The van der Waals surface area contributed by atoms with Crippen LogP contribution in [0.4, 0.5) is 0 Å². The van der Waals surface area contributed by atoms with Crippen LogP contribution in [0.15, 0.2) is 0 Å². The first-order chi connectivity index (χ1) is 17.5. The molecule has 4 aliphatic rings. The average Bonchev–Trinajstić information content (AvgIpc) is 2.87. The number of hydrogen-bond donors (Lipinski definition) is 10. The van der Waals surface area contributed by atoms with Gasteiger partial charge in [0.15, 0.2) is 25.2 Å². The second-order valence-corrected chi connectivity index (χ2v) is 9.35. The van der Waals surface area contributed by atoms with Gasteiger partial charge in [-0.3, -0.25) is 0 Å². The third-order valence-corrected chi connectivity index (χ3v) is 6.68. The molecule has 37 heavy (non-hydrogen) atoms. The van der Waals surface area contributed by atoms with E-state index < -0.39 is 112 Å². The van der Waals surface area contributed by atoms with Crippen molar-refractivity contribution in [2.45, 2.75) is 98.4 Å². The first-order valence-electron chi connectivity index (χ1n) is 11.7. The second kappa shape index (κ2) is 12.2. The zero-order valence-electron chi connectivity index (χ0n) is 19.4. The van der Waals surface area contributed by atoms with Gasteiger partial charge in [0.25, 0.3) is 0 Å². The maximum absolute atomic E-state index is 11.1. The van der Waals surface area contributed by atoms with E-state index in [2.05, 4.69) is 0 Å². The molecular weight excluding hydrogens is 512 g/mol. The molecule has 16 atom stereocenters. The molecule has 4 fully saturated rings. The SMILES string of the molecule is O[C@@H]1[C@@H](O)[C@H](O[C@@H]2CO[C@@H](O[C@@H]3CO[C@@H](O)[C@H](O)[C@H]3O)[C@H](O[C@@H]3OC[C@H](O)[C@H](O)[C@H]3O)[C@H]2O)OC[C@H]1O. The average molecular weight is 546 g/mol. The van der Waals surface area contributed by atoms with Crippen molar-refractivity contribution in [3.63, 3.8) is 0 Å². The van der Waals surface area contributed by atoms with Gasteiger partial charge in [-0.1, -0.05) is 0 Å². The molecule has 0 aliphatic carbocycles. The Kier molecular flexibility index (Phi) is 9.69. The molecule has 0 amide bonds. The highest BCUT2D eigenvalue weighted by atomic mass is 16.8. The van der Waals surface area contributed by atoms with Crippen molar-refractivity contribution >= 4 is 0 Å². The fraction of sp³-hybridized carbons (Fsp3) is 1.00. The Morgan fingerprint density at radius 2 is 0.865 bits per heavy atom. The van der Waals surface area contributed by atoms with Crippen molar-refractivity contribution in [2.24, 2.45) is 0 Å². The van der Waals surface area contributed by atoms with E-state index in [9.17, 15) is 51.1 Å². The van der Waals surface area contributed by atoms with Crippen LogP contribution in [0.5, 0.6) is 0 Å². The lowest BCUT2D eigenvalue weighted by molar-refractivity contribution is -0.375. The van der Waals surface area contributed by atoms with Crippen molar-refractivity contribution in [3.05, 3.63) is 0 Å². The molecule has 0 bridgehead atoms. The van der Waals surface area contributed by atoms with Gasteiger partial charge in [-0.25, -0.2) is 0 Å². The fourth-order valence-corrected chi connectivity index (χ4v) is 4.33. The van der Waals surface area contributed by atoms with Crippen LogP contribution in [-0.2, 0) is 33.2 Å². The molecule has 216 valence electrons. The van der Waals surface area contributed by atoms with Gasteiger partial charge in [0.1, 0.15) is 73.2 Å². The Balaban J connectivity index is 1.48. The molecular formula is C20H34O17. The molecule has 0 saturated carbocycles. The minimum Gasteiger partial charge on any atom is -0.388 e. The van der Waals surface area contributed by atoms with Gasteiger partial charge in [-0.15, -0.1) is 0 Å². The molecule has 0 aromatic heterocycles. The predicted octanol–water partition coefficient (Wildman–Crippen LogP) is -7.19. The highest BCUT2D eigenvalue weighted by Gasteiger charge is 2.50. The molecule has 17 nitrogen and oxygen atoms in total. The molecule has 4 heterocycles. The van der Waals surface area contributed by atoms with Crippen LogP contribution < -0.4 is 0 Å². The van der Waals surface area contributed by atoms with Gasteiger partial charge in [0.05, 0.1) is 26.4 Å². The smallest absolute Gasteiger partial charge is 0.187 e. The first kappa shape index (κ1) is 29.3. The summed E-state index contributed by atoms with van der Waals surface area (Å²) in [6.07, 6.45) is -24.7. The third kappa shape index (κ3) is 6.23. The highest BCUT2D eigenvalue weighted by Crippen LogP contribution is 2.30. The molecule has 10 N–H and O–H groups in total. The molecule has 0 unspecified atom stereocenters. The second-order valence-electron chi connectivity index (χ2n) is 9.35. The molecule has 0 aromatic rings. The standard InChI is InChI=1S/C20H34O17/c21-5-1-32-18(14(28)9(5)23)35-8-4-34-20(36-7-3-31-17(30)13(27)11(7)25)16(12(8)26)37-19-15(29)10(24)6(22)2-33-19/h5-30H,1-4H2/t5-,6+,7-,8-,9+,10+,11+,12+,13-,14-,15-,16-,17-,18+,19+,20+/m1/s1. The predicted molar refractivity (Wildman–Crippen MR) is 110 cm³/mol. The van der Waals surface area contributed by atoms with Gasteiger partial charge in [0.2, 0.25) is 0 Å². The summed E-state index contributed by atoms with van der Waals surface area (Å²) in [4.78, 5) is 0. The maximum atomic E-state index is 11.1. The van der Waals surface area contributed by atoms with Gasteiger partial charge >= 0.3 is 0 Å². The molecule has 0 aromatic carbocycles. The van der Waals surface area contributed by atoms with E-state index in [-0.39, 0.29) is 13.2 Å². The number of aliphatic hydroxyl groups is 10. The molecule has 17 heteroatoms. The number of hydrogen-bond acceptors (Lipinski definition) is 17. The highest BCUT2D eigenvalue weighted by molar-refractivity contribution is 4.92. The van der Waals surface area contributed by atoms with Crippen LogP contribution in [0.3, 0.4) is 0 Å². The topological polar surface area (TPSA) is 267 Å². The van der Waals surface area contributed by atoms with Crippen molar-refractivity contribution in [1.29, 1.82) is 0 Å². The van der Waals surface area contributed by atoms with Gasteiger partial charge in [-0.05, 0) is 0 Å². The summed E-state index contributed by atoms with van der Waals surface area (Å²) in [5, 5.41) is 100. The van der Waals surface area contributed by atoms with E-state index in [4.69, 9.17) is 33.2 Å². The number of ether oxygens (including phenoxy) is 7. The quantitative estimate of drug-likeness (QED) is 0.148. The molecule has 4 aliphatic heterocycles. The van der Waals surface area contributed by atoms with Crippen molar-refractivity contribution < 1.29 is 84.2 Å². The zero-order chi connectivity index (χ0) is 27.0. The van der Waals surface area contributed by atoms with E-state index in [0.29, 0.717) is 0 Å². The van der Waals surface area contributed by atoms with Crippen LogP contribution >= 0.6 is 0 Å². The van der Waals surface area contributed by atoms with Crippen molar-refractivity contribution in [3.8, 4) is 0 Å². The lowest BCUT2D eigenvalue weighted by atomic mass is 10.0. The van der Waals surface area contributed by atoms with Gasteiger partial charge in [-0.2, -0.15) is 0 Å². The van der Waals surface area contributed by atoms with Gasteiger partial charge < -0.3 is 84.2 Å². The maximum Gasteiger partial charge on any atom is 0.187 e. The fourth-order valence-electron chi connectivity index (χ4n) is 4.33. The normalized spacial score (nSPS) is 53.7. The number of rotatable bonds is 6. The third-order valence-electron chi connectivity index (χ3n) is 6.68. The van der Waals surface area contributed by atoms with E-state index in [0.717, 1.165) is 0 Å². The largest absolute Gasteiger partial charge is 0.388 e. The Bertz CT molecular complexity index is 731. The lowest BCUT2D eigenvalue weighted by Crippen LogP contribution is -2.64. The summed E-state index contributed by atoms with van der Waals surface area (Å²) in [5.41, 5.74) is 0. The van der Waals surface area contributed by atoms with Crippen LogP contribution in [-0.4, -0.2) is 176 Å². The van der Waals surface area contributed by atoms with Crippen LogP contribution in [0.1, 0.15) is 0 Å². The number of aliphatic hydroxyl groups excluding tert-OH is 10. The first-order valence-corrected chi connectivity index (χ1v) is 11.7. The molecule has 4 saturated heterocycles. The van der Waals surface area contributed by atoms with Crippen molar-refractivity contribution in [2.75, 3.05) is 26.4 Å². The van der Waals surface area contributed by atoms with Crippen LogP contribution in [0.25, 0.3) is 0 Å². The lowest BCUT2D eigenvalue weighted by Gasteiger charge is -2.46. The Hall–Kier alpha value is -0.680. The van der Waals surface area contributed by atoms with E-state index in [1.165, 1.54) is 0 Å². The molecule has 0 spiro atoms. The van der Waals surface area contributed by atoms with E-state index >= 15 is 0 Å². The minimum atomic E-state index is -1.75. The minimum absolute atomic E-state index is 0.367. The Morgan fingerprint density at radius 1 is 0.405 bits per heavy atom. The molecule has 4 rings (SSSR count). The van der Waals surface area contributed by atoms with Gasteiger partial charge in [0, 0.05) is 0 Å². The van der Waals surface area contributed by atoms with Crippen LogP contribution in [0.2, 0.25) is 0 Å². The summed E-state index contributed by atoms with van der Waals surface area (Å²) in [6, 6.07) is 0. The van der Waals surface area contributed by atoms with Crippen molar-refractivity contribution in [1.82, 2.24) is 0 Å². The molecule has 0 radical (unpaired) electrons. The zero-order valence-corrected chi connectivity index (χ0v) is 19.4. The summed E-state index contributed by atoms with van der Waals surface area (Å²) in [5.74, 6) is 0. The van der Waals surface area contributed by atoms with Crippen LogP contribution in [0, 0.1) is 0 Å². The summed E-state index contributed by atoms with van der Waals surface area (Å²) in [6.45, 7) is -1.56. The Morgan fingerprint density at radius 3 is 1.46 bits per heavy atom. The summed E-state index contributed by atoms with van der Waals surface area (Å²) >= 11 is 0. The summed E-state index contributed by atoms with van der Waals surface area (Å²) < 4.78 is 37.8. The summed E-state index contributed by atoms with van der Waals surface area (Å²) in [7, 11) is 0. The van der Waals surface area contributed by atoms with E-state index in [1.807, 2.05) is 0 Å².